The van der Waals surface area contributed by atoms with Crippen LogP contribution in [0.25, 0.3) is 0 Å². The third kappa shape index (κ3) is 2.34. The van der Waals surface area contributed by atoms with E-state index in [1.165, 1.54) is 6.07 Å². The molecular formula is C15H18FN3O2. The predicted molar refractivity (Wildman–Crippen MR) is 76.4 cm³/mol. The van der Waals surface area contributed by atoms with Crippen LogP contribution >= 0.6 is 0 Å². The lowest BCUT2D eigenvalue weighted by atomic mass is 10.0. The zero-order chi connectivity index (χ0) is 15.1. The summed E-state index contributed by atoms with van der Waals surface area (Å²) in [6, 6.07) is 4.57. The van der Waals surface area contributed by atoms with E-state index in [2.05, 4.69) is 0 Å². The number of benzene rings is 1. The first-order chi connectivity index (χ1) is 9.97. The Labute approximate surface area is 122 Å². The van der Waals surface area contributed by atoms with E-state index in [-0.39, 0.29) is 11.5 Å². The van der Waals surface area contributed by atoms with Gasteiger partial charge >= 0.3 is 0 Å². The summed E-state index contributed by atoms with van der Waals surface area (Å²) in [7, 11) is 0. The number of nitrogens with zero attached hydrogens (tertiary/aromatic N) is 2. The third-order valence-corrected chi connectivity index (χ3v) is 4.51. The van der Waals surface area contributed by atoms with Crippen molar-refractivity contribution in [2.24, 2.45) is 17.6 Å². The molecule has 5 nitrogen and oxygen atoms in total. The molecular weight excluding hydrogens is 273 g/mol. The Balaban J connectivity index is 1.82. The minimum absolute atomic E-state index is 0.0408. The molecule has 2 N–H and O–H groups in total. The number of carbonyl (C=O) groups is 2. The molecule has 0 spiro atoms. The zero-order valence-electron chi connectivity index (χ0n) is 11.9. The molecule has 2 heterocycles. The van der Waals surface area contributed by atoms with E-state index in [9.17, 15) is 14.0 Å². The Morgan fingerprint density at radius 2 is 1.81 bits per heavy atom. The summed E-state index contributed by atoms with van der Waals surface area (Å²) >= 11 is 0. The van der Waals surface area contributed by atoms with Crippen LogP contribution in [0.5, 0.6) is 0 Å². The first kappa shape index (κ1) is 13.9. The minimum atomic E-state index is -0.745. The number of primary amides is 1. The number of likely N-dealkylation sites (tertiary alicyclic amines) is 1. The Kier molecular flexibility index (Phi) is 3.31. The van der Waals surface area contributed by atoms with Crippen LogP contribution in [0.2, 0.25) is 0 Å². The summed E-state index contributed by atoms with van der Waals surface area (Å²) in [5.74, 6) is -0.483. The fraction of sp³-hybridized carbons (Fsp3) is 0.467. The summed E-state index contributed by atoms with van der Waals surface area (Å²) in [5, 5.41) is 0. The van der Waals surface area contributed by atoms with Crippen molar-refractivity contribution < 1.29 is 14.0 Å². The Bertz CT molecular complexity index is 591. The summed E-state index contributed by atoms with van der Waals surface area (Å²) in [5.41, 5.74) is 5.82. The molecule has 0 aromatic heterocycles. The summed E-state index contributed by atoms with van der Waals surface area (Å²) in [6.45, 7) is 4.49. The second kappa shape index (κ2) is 5.02. The second-order valence-electron chi connectivity index (χ2n) is 5.85. The molecule has 0 saturated carbocycles. The average molecular weight is 291 g/mol. The Morgan fingerprint density at radius 3 is 2.33 bits per heavy atom. The number of anilines is 1. The quantitative estimate of drug-likeness (QED) is 0.878. The van der Waals surface area contributed by atoms with Crippen LogP contribution in [0.1, 0.15) is 17.3 Å². The number of fused-ring (bicyclic) bond motifs is 1. The molecule has 0 bridgehead atoms. The van der Waals surface area contributed by atoms with Gasteiger partial charge in [-0.1, -0.05) is 6.07 Å². The van der Waals surface area contributed by atoms with Crippen LogP contribution in [0.15, 0.2) is 18.2 Å². The lowest BCUT2D eigenvalue weighted by molar-refractivity contribution is -0.128. The van der Waals surface area contributed by atoms with E-state index in [1.807, 2.05) is 9.80 Å². The highest BCUT2D eigenvalue weighted by Gasteiger charge is 2.41. The number of carbonyl (C=O) groups excluding carboxylic acids is 2. The van der Waals surface area contributed by atoms with Crippen molar-refractivity contribution in [3.05, 3.63) is 29.6 Å². The molecule has 2 fully saturated rings. The number of hydrogen-bond acceptors (Lipinski definition) is 3. The van der Waals surface area contributed by atoms with E-state index in [0.29, 0.717) is 17.5 Å². The molecule has 3 rings (SSSR count). The van der Waals surface area contributed by atoms with Crippen LogP contribution in [-0.2, 0) is 4.79 Å². The predicted octanol–water partition coefficient (Wildman–Crippen LogP) is 0.839. The molecule has 6 heteroatoms. The van der Waals surface area contributed by atoms with E-state index in [4.69, 9.17) is 5.73 Å². The highest BCUT2D eigenvalue weighted by atomic mass is 19.1. The van der Waals surface area contributed by atoms with Crippen molar-refractivity contribution in [1.29, 1.82) is 0 Å². The zero-order valence-corrected chi connectivity index (χ0v) is 11.9. The van der Waals surface area contributed by atoms with E-state index in [0.717, 1.165) is 26.2 Å². The van der Waals surface area contributed by atoms with Gasteiger partial charge in [0.15, 0.2) is 0 Å². The lowest BCUT2D eigenvalue weighted by Crippen LogP contribution is -2.32. The van der Waals surface area contributed by atoms with Crippen LogP contribution < -0.4 is 10.6 Å². The summed E-state index contributed by atoms with van der Waals surface area (Å²) < 4.78 is 13.8. The summed E-state index contributed by atoms with van der Waals surface area (Å²) in [6.07, 6.45) is 0. The smallest absolute Gasteiger partial charge is 0.253 e. The maximum Gasteiger partial charge on any atom is 0.253 e. The van der Waals surface area contributed by atoms with E-state index < -0.39 is 11.7 Å². The van der Waals surface area contributed by atoms with Gasteiger partial charge in [0, 0.05) is 44.9 Å². The van der Waals surface area contributed by atoms with Crippen molar-refractivity contribution >= 4 is 17.5 Å². The third-order valence-electron chi connectivity index (χ3n) is 4.51. The van der Waals surface area contributed by atoms with Crippen molar-refractivity contribution in [3.8, 4) is 0 Å². The van der Waals surface area contributed by atoms with Gasteiger partial charge in [-0.3, -0.25) is 9.59 Å². The molecule has 2 amide bonds. The van der Waals surface area contributed by atoms with Crippen molar-refractivity contribution in [2.45, 2.75) is 6.92 Å². The van der Waals surface area contributed by atoms with Gasteiger partial charge in [-0.15, -0.1) is 0 Å². The number of rotatable bonds is 2. The van der Waals surface area contributed by atoms with E-state index in [1.54, 1.807) is 19.1 Å². The Morgan fingerprint density at radius 1 is 1.19 bits per heavy atom. The van der Waals surface area contributed by atoms with Gasteiger partial charge in [-0.05, 0) is 12.1 Å². The van der Waals surface area contributed by atoms with Crippen molar-refractivity contribution in [2.75, 3.05) is 31.1 Å². The maximum absolute atomic E-state index is 13.8. The van der Waals surface area contributed by atoms with Crippen LogP contribution in [-0.4, -0.2) is 42.9 Å². The molecule has 2 atom stereocenters. The standard InChI is InChI=1S/C15H18FN3O2/c1-9(20)18-5-10-7-19(8-11(10)6-18)13-4-2-3-12(16)14(13)15(17)21/h2-4,10-11H,5-8H2,1H3,(H2,17,21)/t10-,11+. The van der Waals surface area contributed by atoms with Crippen LogP contribution in [0.3, 0.4) is 0 Å². The van der Waals surface area contributed by atoms with Crippen molar-refractivity contribution in [3.63, 3.8) is 0 Å². The van der Waals surface area contributed by atoms with Gasteiger partial charge in [0.05, 0.1) is 11.3 Å². The van der Waals surface area contributed by atoms with Gasteiger partial charge in [0.2, 0.25) is 5.91 Å². The molecule has 0 aliphatic carbocycles. The van der Waals surface area contributed by atoms with Gasteiger partial charge < -0.3 is 15.5 Å². The molecule has 21 heavy (non-hydrogen) atoms. The molecule has 1 aromatic rings. The second-order valence-corrected chi connectivity index (χ2v) is 5.85. The number of amides is 2. The molecule has 2 aliphatic rings. The first-order valence-corrected chi connectivity index (χ1v) is 7.06. The molecule has 112 valence electrons. The van der Waals surface area contributed by atoms with Gasteiger partial charge in [-0.25, -0.2) is 4.39 Å². The van der Waals surface area contributed by atoms with Crippen LogP contribution in [0.4, 0.5) is 10.1 Å². The van der Waals surface area contributed by atoms with Gasteiger partial charge in [0.25, 0.3) is 5.91 Å². The molecule has 0 radical (unpaired) electrons. The average Bonchev–Trinajstić information content (AvgIpc) is 2.95. The molecule has 0 unspecified atom stereocenters. The van der Waals surface area contributed by atoms with Crippen molar-refractivity contribution in [1.82, 2.24) is 4.90 Å². The highest BCUT2D eigenvalue weighted by Crippen LogP contribution is 2.35. The minimum Gasteiger partial charge on any atom is -0.370 e. The van der Waals surface area contributed by atoms with Crippen LogP contribution in [0, 0.1) is 17.7 Å². The monoisotopic (exact) mass is 291 g/mol. The fourth-order valence-corrected chi connectivity index (χ4v) is 3.47. The first-order valence-electron chi connectivity index (χ1n) is 7.06. The maximum atomic E-state index is 13.8. The highest BCUT2D eigenvalue weighted by molar-refractivity contribution is 5.99. The molecule has 2 saturated heterocycles. The van der Waals surface area contributed by atoms with Gasteiger partial charge in [0.1, 0.15) is 5.82 Å². The molecule has 1 aromatic carbocycles. The number of hydrogen-bond donors (Lipinski definition) is 1. The number of halogens is 1. The molecule has 2 aliphatic heterocycles. The fourth-order valence-electron chi connectivity index (χ4n) is 3.47. The number of nitrogens with two attached hydrogens (primary N) is 1. The normalized spacial score (nSPS) is 24.3. The SMILES string of the molecule is CC(=O)N1C[C@@H]2CN(c3cccc(F)c3C(N)=O)C[C@@H]2C1. The van der Waals surface area contributed by atoms with Gasteiger partial charge in [-0.2, -0.15) is 0 Å². The largest absolute Gasteiger partial charge is 0.370 e. The van der Waals surface area contributed by atoms with E-state index >= 15 is 0 Å². The topological polar surface area (TPSA) is 66.6 Å². The summed E-state index contributed by atoms with van der Waals surface area (Å²) in [4.78, 5) is 26.8. The lowest BCUT2D eigenvalue weighted by Gasteiger charge is -2.24. The Hall–Kier alpha value is -2.11.